The number of carbonyl (C=O) groups is 1. The summed E-state index contributed by atoms with van der Waals surface area (Å²) in [5, 5.41) is 11.3. The maximum absolute atomic E-state index is 13.8. The van der Waals surface area contributed by atoms with Crippen LogP contribution < -0.4 is 0 Å². The summed E-state index contributed by atoms with van der Waals surface area (Å²) < 4.78 is 28.6. The molecule has 1 N–H and O–H groups in total. The third-order valence-corrected chi connectivity index (χ3v) is 7.55. The Bertz CT molecular complexity index is 1510. The minimum absolute atomic E-state index is 0.0592. The lowest BCUT2D eigenvalue weighted by molar-refractivity contribution is 0.0827. The first-order valence-electron chi connectivity index (χ1n) is 9.57. The number of aromatic hydroxyl groups is 1. The maximum atomic E-state index is 13.8. The highest BCUT2D eigenvalue weighted by Crippen LogP contribution is 2.39. The molecule has 0 aliphatic rings. The Morgan fingerprint density at radius 2 is 1.58 bits per heavy atom. The fourth-order valence-corrected chi connectivity index (χ4v) is 5.96. The summed E-state index contributed by atoms with van der Waals surface area (Å²) in [6, 6.07) is 15.4. The number of phenolic OH excluding ortho intramolecular Hbond substituents is 1. The van der Waals surface area contributed by atoms with E-state index in [9.17, 15) is 18.3 Å². The average Bonchev–Trinajstić information content (AvgIpc) is 3.15. The molecule has 6 nitrogen and oxygen atoms in total. The van der Waals surface area contributed by atoms with Gasteiger partial charge in [-0.2, -0.15) is 0 Å². The first kappa shape index (κ1) is 23.4. The molecule has 0 aliphatic carbocycles. The Morgan fingerprint density at radius 3 is 2.21 bits per heavy atom. The Morgan fingerprint density at radius 1 is 0.909 bits per heavy atom. The van der Waals surface area contributed by atoms with Crippen LogP contribution in [0.1, 0.15) is 10.4 Å². The van der Waals surface area contributed by atoms with E-state index in [0.29, 0.717) is 32.7 Å². The second-order valence-corrected chi connectivity index (χ2v) is 10.5. The number of nitrogens with zero attached hydrogens (tertiary/aromatic N) is 2. The number of amides is 1. The number of hydrogen-bond donors (Lipinski definition) is 1. The van der Waals surface area contributed by atoms with E-state index in [1.54, 1.807) is 62.6 Å². The Labute approximate surface area is 205 Å². The first-order valence-corrected chi connectivity index (χ1v) is 12.1. The van der Waals surface area contributed by atoms with Crippen LogP contribution in [0.3, 0.4) is 0 Å². The topological polar surface area (TPSA) is 79.6 Å². The van der Waals surface area contributed by atoms with E-state index in [-0.39, 0.29) is 16.0 Å². The SMILES string of the molecule is CN(C)C(=O)c1ccc(-c2cc3cc(Cl)ccc3n2S(=O)(=O)c2cc(Cl)cc(Cl)c2O)cc1. The molecule has 0 unspecified atom stereocenters. The van der Waals surface area contributed by atoms with Gasteiger partial charge in [0.2, 0.25) is 0 Å². The smallest absolute Gasteiger partial charge is 0.272 e. The zero-order valence-electron chi connectivity index (χ0n) is 17.4. The molecule has 0 saturated carbocycles. The highest BCUT2D eigenvalue weighted by molar-refractivity contribution is 7.90. The standard InChI is InChI=1S/C23H17Cl3N2O4S/c1-27(2)23(30)14-5-3-13(4-6-14)20-10-15-9-16(24)7-8-19(15)28(20)33(31,32)21-12-17(25)11-18(26)22(21)29/h3-12,29H,1-2H3. The molecule has 0 saturated heterocycles. The Kier molecular flexibility index (Phi) is 6.09. The lowest BCUT2D eigenvalue weighted by atomic mass is 10.1. The van der Waals surface area contributed by atoms with Crippen molar-refractivity contribution >= 4 is 61.6 Å². The largest absolute Gasteiger partial charge is 0.505 e. The van der Waals surface area contributed by atoms with E-state index in [2.05, 4.69) is 0 Å². The van der Waals surface area contributed by atoms with Gasteiger partial charge in [0.25, 0.3) is 15.9 Å². The highest BCUT2D eigenvalue weighted by atomic mass is 35.5. The molecule has 1 amide bonds. The van der Waals surface area contributed by atoms with Gasteiger partial charge in [-0.3, -0.25) is 4.79 Å². The molecule has 0 aliphatic heterocycles. The molecule has 1 aromatic heterocycles. The fourth-order valence-electron chi connectivity index (χ4n) is 3.50. The van der Waals surface area contributed by atoms with Gasteiger partial charge in [-0.25, -0.2) is 12.4 Å². The molecule has 1 heterocycles. The van der Waals surface area contributed by atoms with Crippen LogP contribution >= 0.6 is 34.8 Å². The van der Waals surface area contributed by atoms with Gasteiger partial charge in [-0.05, 0) is 54.1 Å². The van der Waals surface area contributed by atoms with Crippen molar-refractivity contribution in [3.05, 3.63) is 81.3 Å². The second-order valence-electron chi connectivity index (χ2n) is 7.51. The first-order chi connectivity index (χ1) is 15.5. The Hall–Kier alpha value is -2.71. The number of rotatable bonds is 4. The normalized spacial score (nSPS) is 11.7. The monoisotopic (exact) mass is 522 g/mol. The quantitative estimate of drug-likeness (QED) is 0.360. The van der Waals surface area contributed by atoms with Gasteiger partial charge >= 0.3 is 0 Å². The van der Waals surface area contributed by atoms with Crippen LogP contribution in [0, 0.1) is 0 Å². The summed E-state index contributed by atoms with van der Waals surface area (Å²) in [7, 11) is -1.06. The van der Waals surface area contributed by atoms with Gasteiger partial charge in [-0.1, -0.05) is 46.9 Å². The predicted molar refractivity (Wildman–Crippen MR) is 131 cm³/mol. The van der Waals surface area contributed by atoms with Crippen molar-refractivity contribution in [2.75, 3.05) is 14.1 Å². The molecule has 0 spiro atoms. The van der Waals surface area contributed by atoms with Gasteiger partial charge < -0.3 is 10.0 Å². The zero-order valence-corrected chi connectivity index (χ0v) is 20.5. The van der Waals surface area contributed by atoms with Crippen molar-refractivity contribution in [2.24, 2.45) is 0 Å². The van der Waals surface area contributed by atoms with Crippen molar-refractivity contribution in [3.8, 4) is 17.0 Å². The van der Waals surface area contributed by atoms with Crippen LogP contribution in [0.25, 0.3) is 22.2 Å². The van der Waals surface area contributed by atoms with Gasteiger partial charge in [0.05, 0.1) is 16.2 Å². The van der Waals surface area contributed by atoms with Crippen molar-refractivity contribution in [1.82, 2.24) is 8.87 Å². The number of fused-ring (bicyclic) bond motifs is 1. The lowest BCUT2D eigenvalue weighted by Crippen LogP contribution is -2.21. The van der Waals surface area contributed by atoms with Crippen LogP contribution in [0.5, 0.6) is 5.75 Å². The molecular formula is C23H17Cl3N2O4S. The average molecular weight is 524 g/mol. The summed E-state index contributed by atoms with van der Waals surface area (Å²) in [6.07, 6.45) is 0. The summed E-state index contributed by atoms with van der Waals surface area (Å²) >= 11 is 18.2. The summed E-state index contributed by atoms with van der Waals surface area (Å²) in [5.41, 5.74) is 1.65. The second kappa shape index (κ2) is 8.57. The highest BCUT2D eigenvalue weighted by Gasteiger charge is 2.28. The number of aromatic nitrogens is 1. The number of phenols is 1. The molecule has 33 heavy (non-hydrogen) atoms. The molecule has 4 rings (SSSR count). The predicted octanol–water partition coefficient (Wildman–Crippen LogP) is 5.91. The molecular weight excluding hydrogens is 507 g/mol. The van der Waals surface area contributed by atoms with Crippen molar-refractivity contribution < 1.29 is 18.3 Å². The molecule has 4 aromatic rings. The minimum atomic E-state index is -4.35. The molecule has 0 radical (unpaired) electrons. The lowest BCUT2D eigenvalue weighted by Gasteiger charge is -2.15. The fraction of sp³-hybridized carbons (Fsp3) is 0.0870. The molecule has 170 valence electrons. The van der Waals surface area contributed by atoms with E-state index < -0.39 is 20.7 Å². The van der Waals surface area contributed by atoms with E-state index in [4.69, 9.17) is 34.8 Å². The van der Waals surface area contributed by atoms with Gasteiger partial charge in [0.15, 0.2) is 5.75 Å². The summed E-state index contributed by atoms with van der Waals surface area (Å²) in [6.45, 7) is 0. The molecule has 0 atom stereocenters. The van der Waals surface area contributed by atoms with Crippen LogP contribution in [-0.4, -0.2) is 42.4 Å². The zero-order chi connectivity index (χ0) is 24.1. The molecule has 3 aromatic carbocycles. The van der Waals surface area contributed by atoms with Crippen molar-refractivity contribution in [3.63, 3.8) is 0 Å². The van der Waals surface area contributed by atoms with E-state index in [1.807, 2.05) is 0 Å². The van der Waals surface area contributed by atoms with E-state index in [0.717, 1.165) is 10.0 Å². The minimum Gasteiger partial charge on any atom is -0.505 e. The van der Waals surface area contributed by atoms with Crippen LogP contribution in [0.2, 0.25) is 15.1 Å². The van der Waals surface area contributed by atoms with Gasteiger partial charge in [0.1, 0.15) is 4.90 Å². The third-order valence-electron chi connectivity index (χ3n) is 5.06. The van der Waals surface area contributed by atoms with Crippen LogP contribution in [0.15, 0.2) is 65.6 Å². The van der Waals surface area contributed by atoms with Gasteiger partial charge in [-0.15, -0.1) is 0 Å². The molecule has 0 bridgehead atoms. The number of hydrogen-bond acceptors (Lipinski definition) is 4. The van der Waals surface area contributed by atoms with Crippen LogP contribution in [-0.2, 0) is 10.0 Å². The third kappa shape index (κ3) is 4.17. The maximum Gasteiger partial charge on any atom is 0.272 e. The van der Waals surface area contributed by atoms with Crippen molar-refractivity contribution in [1.29, 1.82) is 0 Å². The number of carbonyl (C=O) groups excluding carboxylic acids is 1. The summed E-state index contributed by atoms with van der Waals surface area (Å²) in [4.78, 5) is 13.3. The Balaban J connectivity index is 1.99. The van der Waals surface area contributed by atoms with Crippen molar-refractivity contribution in [2.45, 2.75) is 4.90 Å². The van der Waals surface area contributed by atoms with Crippen LogP contribution in [0.4, 0.5) is 0 Å². The van der Waals surface area contributed by atoms with E-state index in [1.165, 1.54) is 11.0 Å². The van der Waals surface area contributed by atoms with E-state index >= 15 is 0 Å². The molecule has 0 fully saturated rings. The van der Waals surface area contributed by atoms with Gasteiger partial charge in [0, 0.05) is 35.1 Å². The number of benzene rings is 3. The summed E-state index contributed by atoms with van der Waals surface area (Å²) in [5.74, 6) is -0.783. The molecule has 10 heteroatoms. The number of halogens is 3.